The Morgan fingerprint density at radius 2 is 1.58 bits per heavy atom. The SMILES string of the molecule is NC(=O)c1ccc2c(c1)NC(=O)N(C1CCN(C(=O)N[C@H](Cc3cc(Br)c(N)c(Br)c3)C(=O)N3CCC(c4ccncc4)CC3)CC1)C2. The lowest BCUT2D eigenvalue weighted by Gasteiger charge is -2.41. The topological polar surface area (TPSA) is 167 Å². The van der Waals surface area contributed by atoms with Gasteiger partial charge in [-0.25, -0.2) is 9.59 Å². The first-order valence-corrected chi connectivity index (χ1v) is 17.6. The molecule has 252 valence electrons. The van der Waals surface area contributed by atoms with Gasteiger partial charge in [0.2, 0.25) is 11.8 Å². The van der Waals surface area contributed by atoms with Gasteiger partial charge in [-0.2, -0.15) is 0 Å². The maximum atomic E-state index is 14.0. The minimum Gasteiger partial charge on any atom is -0.397 e. The number of nitrogens with two attached hydrogens (primary N) is 2. The van der Waals surface area contributed by atoms with Crippen LogP contribution in [0.3, 0.4) is 0 Å². The summed E-state index contributed by atoms with van der Waals surface area (Å²) in [6, 6.07) is 11.5. The number of primary amides is 1. The number of anilines is 2. The van der Waals surface area contributed by atoms with Crippen molar-refractivity contribution >= 4 is 67.1 Å². The summed E-state index contributed by atoms with van der Waals surface area (Å²) in [7, 11) is 0. The Bertz CT molecular complexity index is 1690. The number of hydrogen-bond donors (Lipinski definition) is 4. The molecule has 3 aromatic rings. The highest BCUT2D eigenvalue weighted by atomic mass is 79.9. The lowest BCUT2D eigenvalue weighted by molar-refractivity contribution is -0.134. The molecule has 12 nitrogen and oxygen atoms in total. The van der Waals surface area contributed by atoms with E-state index >= 15 is 0 Å². The van der Waals surface area contributed by atoms with Crippen LogP contribution in [0, 0.1) is 0 Å². The third-order valence-electron chi connectivity index (χ3n) is 9.59. The fourth-order valence-electron chi connectivity index (χ4n) is 6.82. The van der Waals surface area contributed by atoms with E-state index in [2.05, 4.69) is 47.5 Å². The number of fused-ring (bicyclic) bond motifs is 1. The summed E-state index contributed by atoms with van der Waals surface area (Å²) in [4.78, 5) is 61.7. The molecule has 48 heavy (non-hydrogen) atoms. The minimum absolute atomic E-state index is 0.0679. The first-order chi connectivity index (χ1) is 23.1. The van der Waals surface area contributed by atoms with E-state index in [0.29, 0.717) is 83.8 Å². The van der Waals surface area contributed by atoms with Crippen molar-refractivity contribution in [3.8, 4) is 0 Å². The molecular formula is C34H38Br2N8O4. The van der Waals surface area contributed by atoms with E-state index in [-0.39, 0.29) is 24.0 Å². The van der Waals surface area contributed by atoms with Crippen LogP contribution in [-0.2, 0) is 17.8 Å². The number of carbonyl (C=O) groups excluding carboxylic acids is 4. The number of amides is 6. The number of carbonyl (C=O) groups is 4. The highest BCUT2D eigenvalue weighted by molar-refractivity contribution is 9.11. The summed E-state index contributed by atoms with van der Waals surface area (Å²) >= 11 is 7.00. The van der Waals surface area contributed by atoms with Crippen LogP contribution >= 0.6 is 31.9 Å². The standard InChI is InChI=1S/C34H38Br2N8O4/c35-26-15-20(16-27(36)30(26)37)17-29(32(46)42-11-5-22(6-12-42)21-3-9-39-10-4-21)41-33(47)43-13-7-25(8-14-43)44-19-24-2-1-23(31(38)45)18-28(24)40-34(44)48/h1-4,9-10,15-16,18,22,25,29H,5-8,11-14,17,19,37H2,(H2,38,45)(H,40,48)(H,41,47)/t29-/m1/s1. The van der Waals surface area contributed by atoms with E-state index in [9.17, 15) is 19.2 Å². The summed E-state index contributed by atoms with van der Waals surface area (Å²) in [5, 5.41) is 5.93. The van der Waals surface area contributed by atoms with Gasteiger partial charge < -0.3 is 36.8 Å². The molecule has 0 bridgehead atoms. The molecule has 0 saturated carbocycles. The average molecular weight is 783 g/mol. The number of nitrogens with one attached hydrogen (secondary N) is 2. The third-order valence-corrected chi connectivity index (χ3v) is 10.9. The van der Waals surface area contributed by atoms with Crippen LogP contribution in [0.5, 0.6) is 0 Å². The molecule has 4 heterocycles. The predicted molar refractivity (Wildman–Crippen MR) is 189 cm³/mol. The van der Waals surface area contributed by atoms with Gasteiger partial charge in [0.15, 0.2) is 0 Å². The largest absolute Gasteiger partial charge is 0.397 e. The molecule has 6 amide bonds. The zero-order chi connectivity index (χ0) is 33.9. The van der Waals surface area contributed by atoms with E-state index in [4.69, 9.17) is 11.5 Å². The van der Waals surface area contributed by atoms with Crippen molar-refractivity contribution in [3.63, 3.8) is 0 Å². The lowest BCUT2D eigenvalue weighted by Crippen LogP contribution is -2.57. The number of halogens is 2. The van der Waals surface area contributed by atoms with Crippen LogP contribution in [0.4, 0.5) is 21.0 Å². The highest BCUT2D eigenvalue weighted by Crippen LogP contribution is 2.32. The fraction of sp³-hybridized carbons (Fsp3) is 0.382. The van der Waals surface area contributed by atoms with E-state index in [1.807, 2.05) is 29.2 Å². The van der Waals surface area contributed by atoms with E-state index in [1.165, 1.54) is 5.56 Å². The number of hydrogen-bond acceptors (Lipinski definition) is 6. The molecule has 0 spiro atoms. The van der Waals surface area contributed by atoms with Crippen LogP contribution < -0.4 is 22.1 Å². The van der Waals surface area contributed by atoms with Crippen LogP contribution in [0.15, 0.2) is 63.8 Å². The third kappa shape index (κ3) is 7.44. The fourth-order valence-corrected chi connectivity index (χ4v) is 8.10. The van der Waals surface area contributed by atoms with Crippen molar-refractivity contribution in [2.75, 3.05) is 37.2 Å². The minimum atomic E-state index is -0.773. The van der Waals surface area contributed by atoms with Crippen LogP contribution in [0.1, 0.15) is 58.6 Å². The Balaban J connectivity index is 1.10. The number of benzene rings is 2. The molecule has 2 saturated heterocycles. The predicted octanol–water partition coefficient (Wildman–Crippen LogP) is 4.83. The van der Waals surface area contributed by atoms with Gasteiger partial charge in [0, 0.05) is 77.8 Å². The van der Waals surface area contributed by atoms with Crippen molar-refractivity contribution in [2.45, 2.75) is 56.7 Å². The van der Waals surface area contributed by atoms with E-state index in [1.54, 1.807) is 40.4 Å². The Labute approximate surface area is 295 Å². The van der Waals surface area contributed by atoms with E-state index < -0.39 is 11.9 Å². The number of pyridine rings is 1. The first kappa shape index (κ1) is 33.7. The number of nitrogens with zero attached hydrogens (tertiary/aromatic N) is 4. The molecule has 6 rings (SSSR count). The van der Waals surface area contributed by atoms with Crippen molar-refractivity contribution < 1.29 is 19.2 Å². The molecule has 2 fully saturated rings. The Morgan fingerprint density at radius 3 is 2.23 bits per heavy atom. The molecule has 1 atom stereocenters. The molecule has 0 unspecified atom stereocenters. The second-order valence-electron chi connectivity index (χ2n) is 12.6. The number of rotatable bonds is 7. The smallest absolute Gasteiger partial charge is 0.322 e. The average Bonchev–Trinajstić information content (AvgIpc) is 3.10. The summed E-state index contributed by atoms with van der Waals surface area (Å²) in [5.74, 6) is -0.305. The number of piperidine rings is 2. The van der Waals surface area contributed by atoms with Crippen LogP contribution in [0.25, 0.3) is 0 Å². The van der Waals surface area contributed by atoms with E-state index in [0.717, 1.165) is 24.0 Å². The maximum absolute atomic E-state index is 14.0. The van der Waals surface area contributed by atoms with Gasteiger partial charge in [-0.05, 0) is 117 Å². The summed E-state index contributed by atoms with van der Waals surface area (Å²) in [6.07, 6.45) is 6.75. The van der Waals surface area contributed by atoms with Gasteiger partial charge in [0.25, 0.3) is 0 Å². The number of nitrogen functional groups attached to an aromatic ring is 1. The Hall–Kier alpha value is -4.17. The van der Waals surface area contributed by atoms with Crippen molar-refractivity contribution in [3.05, 3.63) is 86.1 Å². The van der Waals surface area contributed by atoms with Gasteiger partial charge in [-0.3, -0.25) is 14.6 Å². The number of likely N-dealkylation sites (tertiary alicyclic amines) is 2. The molecule has 14 heteroatoms. The monoisotopic (exact) mass is 780 g/mol. The van der Waals surface area contributed by atoms with Crippen molar-refractivity contribution in [2.24, 2.45) is 5.73 Å². The van der Waals surface area contributed by atoms with Gasteiger partial charge in [0.05, 0.1) is 5.69 Å². The Morgan fingerprint density at radius 1 is 0.938 bits per heavy atom. The zero-order valence-electron chi connectivity index (χ0n) is 26.3. The van der Waals surface area contributed by atoms with Gasteiger partial charge in [-0.1, -0.05) is 6.07 Å². The van der Waals surface area contributed by atoms with Gasteiger partial charge >= 0.3 is 12.1 Å². The summed E-state index contributed by atoms with van der Waals surface area (Å²) in [5.41, 5.74) is 16.0. The summed E-state index contributed by atoms with van der Waals surface area (Å²) < 4.78 is 1.42. The lowest BCUT2D eigenvalue weighted by atomic mass is 9.89. The number of aromatic nitrogens is 1. The molecule has 1 aromatic heterocycles. The second kappa shape index (κ2) is 14.5. The molecule has 6 N–H and O–H groups in total. The summed E-state index contributed by atoms with van der Waals surface area (Å²) in [6.45, 7) is 2.47. The molecular weight excluding hydrogens is 744 g/mol. The van der Waals surface area contributed by atoms with Crippen LogP contribution in [-0.4, -0.2) is 81.8 Å². The van der Waals surface area contributed by atoms with Crippen molar-refractivity contribution in [1.82, 2.24) is 25.0 Å². The Kier molecular flexibility index (Phi) is 10.2. The number of urea groups is 2. The molecule has 3 aliphatic heterocycles. The second-order valence-corrected chi connectivity index (χ2v) is 14.3. The molecule has 2 aromatic carbocycles. The first-order valence-electron chi connectivity index (χ1n) is 16.0. The highest BCUT2D eigenvalue weighted by Gasteiger charge is 2.35. The quantitative estimate of drug-likeness (QED) is 0.251. The maximum Gasteiger partial charge on any atom is 0.322 e. The normalized spacial score (nSPS) is 17.8. The zero-order valence-corrected chi connectivity index (χ0v) is 29.5. The molecule has 0 aliphatic carbocycles. The van der Waals surface area contributed by atoms with Gasteiger partial charge in [0.1, 0.15) is 6.04 Å². The van der Waals surface area contributed by atoms with Crippen molar-refractivity contribution in [1.29, 1.82) is 0 Å². The van der Waals surface area contributed by atoms with Crippen LogP contribution in [0.2, 0.25) is 0 Å². The molecule has 0 radical (unpaired) electrons. The van der Waals surface area contributed by atoms with Gasteiger partial charge in [-0.15, -0.1) is 0 Å². The molecule has 3 aliphatic rings.